The van der Waals surface area contributed by atoms with Gasteiger partial charge in [-0.05, 0) is 0 Å². The Labute approximate surface area is 105 Å². The van der Waals surface area contributed by atoms with Crippen LogP contribution < -0.4 is 0 Å². The van der Waals surface area contributed by atoms with Crippen molar-refractivity contribution in [2.75, 3.05) is 0 Å². The van der Waals surface area contributed by atoms with E-state index < -0.39 is 0 Å². The monoisotopic (exact) mass is 64.0 g/mol. The van der Waals surface area contributed by atoms with Gasteiger partial charge in [0.1, 0.15) is 0 Å². The molecule has 0 aliphatic rings. The van der Waals surface area contributed by atoms with Gasteiger partial charge in [-0.25, -0.2) is 0 Å². The van der Waals surface area contributed by atoms with Crippen LogP contribution in [0.3, 0.4) is 0 Å². The Morgan fingerprint density at radius 1 is 0.500 bits per heavy atom. The summed E-state index contributed by atoms with van der Waals surface area (Å²) in [6.45, 7) is 0. The summed E-state index contributed by atoms with van der Waals surface area (Å²) >= 11 is 0. The van der Waals surface area contributed by atoms with Gasteiger partial charge in [0.05, 0.1) is 0 Å². The van der Waals surface area contributed by atoms with Gasteiger partial charge in [-0.15, -0.1) is 0 Å². The van der Waals surface area contributed by atoms with Crippen LogP contribution in [0.2, 0.25) is 0 Å². The maximum atomic E-state index is 0. The van der Waals surface area contributed by atoms with Crippen molar-refractivity contribution < 1.29 is 0 Å². The molecule has 0 rings (SSSR count). The second-order valence-corrected chi connectivity index (χ2v) is 0. The zero-order chi connectivity index (χ0) is 0. The van der Waals surface area contributed by atoms with Crippen molar-refractivity contribution in [1.82, 2.24) is 0 Å². The Kier molecular flexibility index (Phi) is 105. The Hall–Kier alpha value is 3.43. The van der Waals surface area contributed by atoms with Gasteiger partial charge >= 0.3 is 108 Å². The molecule has 0 aromatic carbocycles. The van der Waals surface area contributed by atoms with Crippen LogP contribution in [0.4, 0.5) is 0 Å². The van der Waals surface area contributed by atoms with Crippen molar-refractivity contribution in [3.05, 3.63) is 0 Å². The van der Waals surface area contributed by atoms with Gasteiger partial charge in [0.15, 0.2) is 0 Å². The molecule has 0 aliphatic carbocycles. The van der Waals surface area contributed by atoms with E-state index in [1.807, 2.05) is 0 Å². The molecule has 4 heteroatoms. The molecule has 0 unspecified atom stereocenters. The molecule has 0 aliphatic heterocycles. The van der Waals surface area contributed by atoms with E-state index in [2.05, 4.69) is 0 Å². The first-order chi connectivity index (χ1) is 0. The van der Waals surface area contributed by atoms with E-state index in [1.165, 1.54) is 0 Å². The molecular formula is H4KLi3. The van der Waals surface area contributed by atoms with Crippen molar-refractivity contribution in [2.24, 2.45) is 0 Å². The van der Waals surface area contributed by atoms with Gasteiger partial charge in [0.2, 0.25) is 0 Å². The second-order valence-electron chi connectivity index (χ2n) is 0. The summed E-state index contributed by atoms with van der Waals surface area (Å²) in [6.07, 6.45) is 0. The standard InChI is InChI=1S/K.3Li.4H. The molecular weight excluding hydrogens is 59.9 g/mol. The van der Waals surface area contributed by atoms with Crippen LogP contribution in [-0.2, 0) is 0 Å². The van der Waals surface area contributed by atoms with Crippen LogP contribution in [0.25, 0.3) is 0 Å². The first-order valence-corrected chi connectivity index (χ1v) is 0. The van der Waals surface area contributed by atoms with E-state index in [9.17, 15) is 0 Å². The summed E-state index contributed by atoms with van der Waals surface area (Å²) in [5.41, 5.74) is 0. The third-order valence-corrected chi connectivity index (χ3v) is 0. The van der Waals surface area contributed by atoms with E-state index in [0.29, 0.717) is 0 Å². The molecule has 0 heterocycles. The van der Waals surface area contributed by atoms with Gasteiger partial charge in [-0.2, -0.15) is 0 Å². The van der Waals surface area contributed by atoms with E-state index >= 15 is 0 Å². The fourth-order valence-electron chi connectivity index (χ4n) is 0. The van der Waals surface area contributed by atoms with Crippen molar-refractivity contribution in [1.29, 1.82) is 0 Å². The summed E-state index contributed by atoms with van der Waals surface area (Å²) in [5, 5.41) is 0. The topological polar surface area (TPSA) is 0 Å². The van der Waals surface area contributed by atoms with Crippen LogP contribution in [0, 0.1) is 0 Å². The maximum absolute atomic E-state index is 0. The molecule has 0 aromatic rings. The number of rotatable bonds is 0. The minimum absolute atomic E-state index is 0. The average Bonchev–Trinajstić information content (AvgIpc) is 0. The molecule has 0 spiro atoms. The molecule has 0 nitrogen and oxygen atoms in total. The molecule has 0 fully saturated rings. The Balaban J connectivity index is 0. The second kappa shape index (κ2) is 16.1. The summed E-state index contributed by atoms with van der Waals surface area (Å²) < 4.78 is 0. The summed E-state index contributed by atoms with van der Waals surface area (Å²) in [4.78, 5) is 0. The van der Waals surface area contributed by atoms with Crippen molar-refractivity contribution in [3.63, 3.8) is 0 Å². The molecule has 0 saturated carbocycles. The fourth-order valence-corrected chi connectivity index (χ4v) is 0. The number of hydrogen-bond acceptors (Lipinski definition) is 0. The van der Waals surface area contributed by atoms with Crippen LogP contribution >= 0.6 is 0 Å². The SMILES string of the molecule is [KH].[LiH].[LiH].[LiH]. The Morgan fingerprint density at radius 2 is 0.500 bits per heavy atom. The third kappa shape index (κ3) is 9.06. The fraction of sp³-hybridized carbons (Fsp3) is 0. The molecule has 4 heavy (non-hydrogen) atoms. The van der Waals surface area contributed by atoms with Gasteiger partial charge in [-0.3, -0.25) is 0 Å². The van der Waals surface area contributed by atoms with Crippen LogP contribution in [0.5, 0.6) is 0 Å². The quantitative estimate of drug-likeness (QED) is 0.271. The molecule has 0 aromatic heterocycles. The normalized spacial score (nSPS) is 0. The summed E-state index contributed by atoms with van der Waals surface area (Å²) in [7, 11) is 0. The Morgan fingerprint density at radius 3 is 0.500 bits per heavy atom. The molecule has 0 radical (unpaired) electrons. The predicted octanol–water partition coefficient (Wildman–Crippen LogP) is -2.59. The van der Waals surface area contributed by atoms with Crippen LogP contribution in [0.1, 0.15) is 0 Å². The van der Waals surface area contributed by atoms with Gasteiger partial charge < -0.3 is 0 Å². The molecule has 0 saturated heterocycles. The summed E-state index contributed by atoms with van der Waals surface area (Å²) in [6, 6.07) is 0. The van der Waals surface area contributed by atoms with Crippen LogP contribution in [-0.4, -0.2) is 108 Å². The first kappa shape index (κ1) is 26.1. The molecule has 0 N–H and O–H groups in total. The first-order valence-electron chi connectivity index (χ1n) is 0. The van der Waals surface area contributed by atoms with Crippen molar-refractivity contribution in [3.8, 4) is 0 Å². The zero-order valence-corrected chi connectivity index (χ0v) is 0. The van der Waals surface area contributed by atoms with E-state index in [0.717, 1.165) is 0 Å². The predicted molar refractivity (Wildman–Crippen MR) is 28.6 cm³/mol. The van der Waals surface area contributed by atoms with Gasteiger partial charge in [-0.1, -0.05) is 0 Å². The zero-order valence-electron chi connectivity index (χ0n) is 0. The number of hydrogen-bond donors (Lipinski definition) is 0. The third-order valence-electron chi connectivity index (χ3n) is 0. The van der Waals surface area contributed by atoms with Crippen LogP contribution in [0.15, 0.2) is 0 Å². The van der Waals surface area contributed by atoms with E-state index in [4.69, 9.17) is 0 Å². The van der Waals surface area contributed by atoms with Gasteiger partial charge in [0.25, 0.3) is 0 Å². The molecule has 0 amide bonds. The molecule has 8 valence electrons. The summed E-state index contributed by atoms with van der Waals surface area (Å²) in [5.74, 6) is 0. The average molecular weight is 64.0 g/mol. The molecule has 0 bridgehead atoms. The minimum atomic E-state index is 0. The molecule has 0 atom stereocenters. The van der Waals surface area contributed by atoms with E-state index in [1.54, 1.807) is 0 Å². The Bertz CT molecular complexity index is 3.25. The van der Waals surface area contributed by atoms with Crippen molar-refractivity contribution >= 4 is 108 Å². The van der Waals surface area contributed by atoms with Crippen molar-refractivity contribution in [2.45, 2.75) is 0 Å². The van der Waals surface area contributed by atoms with Gasteiger partial charge in [0, 0.05) is 0 Å². The van der Waals surface area contributed by atoms with E-state index in [-0.39, 0.29) is 108 Å².